The summed E-state index contributed by atoms with van der Waals surface area (Å²) >= 11 is 0. The molecule has 0 spiro atoms. The molecular formula is C18H35F3IN5. The lowest BCUT2D eigenvalue weighted by Gasteiger charge is -2.20. The maximum Gasteiger partial charge on any atom is 0.401 e. The molecule has 0 amide bonds. The van der Waals surface area contributed by atoms with E-state index in [2.05, 4.69) is 20.5 Å². The van der Waals surface area contributed by atoms with Gasteiger partial charge in [-0.1, -0.05) is 12.8 Å². The van der Waals surface area contributed by atoms with Crippen LogP contribution in [0.1, 0.15) is 38.5 Å². The summed E-state index contributed by atoms with van der Waals surface area (Å²) in [6.07, 6.45) is 3.10. The number of likely N-dealkylation sites (tertiary alicyclic amines) is 2. The van der Waals surface area contributed by atoms with E-state index in [4.69, 9.17) is 0 Å². The van der Waals surface area contributed by atoms with Gasteiger partial charge in [0.15, 0.2) is 5.96 Å². The molecule has 0 aromatic carbocycles. The molecule has 2 heterocycles. The van der Waals surface area contributed by atoms with E-state index in [0.29, 0.717) is 19.6 Å². The predicted octanol–water partition coefficient (Wildman–Crippen LogP) is 2.92. The normalized spacial score (nSPS) is 23.0. The van der Waals surface area contributed by atoms with Gasteiger partial charge in [0.05, 0.1) is 6.54 Å². The van der Waals surface area contributed by atoms with Crippen LogP contribution in [-0.2, 0) is 0 Å². The zero-order valence-electron chi connectivity index (χ0n) is 16.4. The Kier molecular flexibility index (Phi) is 11.9. The van der Waals surface area contributed by atoms with Gasteiger partial charge in [-0.25, -0.2) is 0 Å². The molecule has 2 saturated heterocycles. The number of guanidine groups is 1. The minimum atomic E-state index is -4.10. The van der Waals surface area contributed by atoms with Crippen molar-refractivity contribution in [3.8, 4) is 0 Å². The monoisotopic (exact) mass is 505 g/mol. The summed E-state index contributed by atoms with van der Waals surface area (Å²) in [6, 6.07) is 0. The predicted molar refractivity (Wildman–Crippen MR) is 115 cm³/mol. The van der Waals surface area contributed by atoms with E-state index in [9.17, 15) is 13.2 Å². The molecule has 0 aliphatic carbocycles. The Morgan fingerprint density at radius 2 is 1.74 bits per heavy atom. The van der Waals surface area contributed by atoms with Crippen molar-refractivity contribution in [3.05, 3.63) is 0 Å². The van der Waals surface area contributed by atoms with E-state index in [1.54, 1.807) is 7.05 Å². The first-order valence-electron chi connectivity index (χ1n) is 9.92. The summed E-state index contributed by atoms with van der Waals surface area (Å²) in [7, 11) is 1.73. The molecule has 0 aromatic rings. The first kappa shape index (κ1) is 24.7. The lowest BCUT2D eigenvalue weighted by molar-refractivity contribution is -0.143. The van der Waals surface area contributed by atoms with Crippen LogP contribution in [0.25, 0.3) is 0 Å². The van der Waals surface area contributed by atoms with Gasteiger partial charge < -0.3 is 15.5 Å². The highest BCUT2D eigenvalue weighted by Gasteiger charge is 2.34. The van der Waals surface area contributed by atoms with Crippen LogP contribution >= 0.6 is 24.0 Å². The maximum atomic E-state index is 12.4. The highest BCUT2D eigenvalue weighted by molar-refractivity contribution is 14.0. The molecule has 0 bridgehead atoms. The largest absolute Gasteiger partial charge is 0.401 e. The summed E-state index contributed by atoms with van der Waals surface area (Å²) in [4.78, 5) is 8.24. The average Bonchev–Trinajstić information content (AvgIpc) is 2.85. The van der Waals surface area contributed by atoms with E-state index < -0.39 is 12.7 Å². The number of halogens is 4. The van der Waals surface area contributed by atoms with E-state index in [-0.39, 0.29) is 29.9 Å². The second kappa shape index (κ2) is 13.0. The molecule has 2 aliphatic heterocycles. The molecule has 0 radical (unpaired) electrons. The second-order valence-electron chi connectivity index (χ2n) is 7.49. The summed E-state index contributed by atoms with van der Waals surface area (Å²) in [6.45, 7) is 5.28. The first-order chi connectivity index (χ1) is 12.5. The van der Waals surface area contributed by atoms with Gasteiger partial charge in [-0.15, -0.1) is 24.0 Å². The van der Waals surface area contributed by atoms with E-state index in [1.807, 2.05) is 0 Å². The minimum absolute atomic E-state index is 0. The van der Waals surface area contributed by atoms with Gasteiger partial charge in [-0.05, 0) is 57.8 Å². The summed E-state index contributed by atoms with van der Waals surface area (Å²) in [5.41, 5.74) is 0. The molecule has 2 N–H and O–H groups in total. The van der Waals surface area contributed by atoms with Gasteiger partial charge in [-0.2, -0.15) is 13.2 Å². The van der Waals surface area contributed by atoms with Crippen molar-refractivity contribution in [2.75, 3.05) is 59.4 Å². The van der Waals surface area contributed by atoms with Crippen LogP contribution < -0.4 is 10.6 Å². The minimum Gasteiger partial charge on any atom is -0.356 e. The van der Waals surface area contributed by atoms with Crippen molar-refractivity contribution in [3.63, 3.8) is 0 Å². The molecule has 9 heteroatoms. The number of rotatable bonds is 7. The molecule has 0 aromatic heterocycles. The van der Waals surface area contributed by atoms with Crippen molar-refractivity contribution in [2.45, 2.75) is 44.7 Å². The number of hydrogen-bond donors (Lipinski definition) is 2. The third kappa shape index (κ3) is 10.7. The van der Waals surface area contributed by atoms with Crippen LogP contribution in [0.4, 0.5) is 13.2 Å². The van der Waals surface area contributed by atoms with Crippen molar-refractivity contribution in [1.82, 2.24) is 20.4 Å². The third-order valence-electron chi connectivity index (χ3n) is 5.20. The Hall–Kier alpha value is -0.290. The fourth-order valence-electron chi connectivity index (χ4n) is 3.81. The molecule has 5 nitrogen and oxygen atoms in total. The zero-order valence-corrected chi connectivity index (χ0v) is 18.7. The summed E-state index contributed by atoms with van der Waals surface area (Å²) in [5, 5.41) is 6.58. The number of alkyl halides is 3. The number of nitrogens with one attached hydrogen (secondary N) is 2. The van der Waals surface area contributed by atoms with E-state index >= 15 is 0 Å². The van der Waals surface area contributed by atoms with E-state index in [0.717, 1.165) is 31.9 Å². The number of nitrogens with zero attached hydrogens (tertiary/aromatic N) is 3. The molecular weight excluding hydrogens is 470 g/mol. The molecule has 0 saturated carbocycles. The van der Waals surface area contributed by atoms with Crippen molar-refractivity contribution < 1.29 is 13.2 Å². The van der Waals surface area contributed by atoms with Gasteiger partial charge in [0.25, 0.3) is 0 Å². The standard InChI is InChI=1S/C18H34F3N5.HI/c1-22-17(23-8-6-11-25-9-4-2-3-5-10-25)24-13-16-7-12-26(14-16)15-18(19,20)21;/h16H,2-15H2,1H3,(H2,22,23,24);1H. The summed E-state index contributed by atoms with van der Waals surface area (Å²) < 4.78 is 37.3. The highest BCUT2D eigenvalue weighted by Crippen LogP contribution is 2.22. The molecule has 160 valence electrons. The van der Waals surface area contributed by atoms with E-state index in [1.165, 1.54) is 43.7 Å². The average molecular weight is 505 g/mol. The fourth-order valence-corrected chi connectivity index (χ4v) is 3.81. The molecule has 1 atom stereocenters. The number of hydrogen-bond acceptors (Lipinski definition) is 3. The highest BCUT2D eigenvalue weighted by atomic mass is 127. The SMILES string of the molecule is CN=C(NCCCN1CCCCCC1)NCC1CCN(CC(F)(F)F)C1.I. The lowest BCUT2D eigenvalue weighted by Crippen LogP contribution is -2.41. The Morgan fingerprint density at radius 3 is 2.37 bits per heavy atom. The third-order valence-corrected chi connectivity index (χ3v) is 5.20. The van der Waals surface area contributed by atoms with Gasteiger partial charge in [0.1, 0.15) is 0 Å². The van der Waals surface area contributed by atoms with Crippen LogP contribution in [-0.4, -0.2) is 81.3 Å². The van der Waals surface area contributed by atoms with Crippen LogP contribution in [0.2, 0.25) is 0 Å². The van der Waals surface area contributed by atoms with Gasteiger partial charge in [0, 0.05) is 26.7 Å². The molecule has 1 unspecified atom stereocenters. The molecule has 27 heavy (non-hydrogen) atoms. The first-order valence-corrected chi connectivity index (χ1v) is 9.92. The van der Waals surface area contributed by atoms with Crippen molar-refractivity contribution in [2.24, 2.45) is 10.9 Å². The Balaban J connectivity index is 0.00000364. The number of aliphatic imine (C=N–C) groups is 1. The van der Waals surface area contributed by atoms with Crippen LogP contribution in [0.3, 0.4) is 0 Å². The van der Waals surface area contributed by atoms with Crippen LogP contribution in [0.5, 0.6) is 0 Å². The molecule has 2 rings (SSSR count). The fraction of sp³-hybridized carbons (Fsp3) is 0.944. The zero-order chi connectivity index (χ0) is 18.8. The summed E-state index contributed by atoms with van der Waals surface area (Å²) in [5.74, 6) is 0.989. The van der Waals surface area contributed by atoms with Gasteiger partial charge >= 0.3 is 6.18 Å². The topological polar surface area (TPSA) is 42.9 Å². The Morgan fingerprint density at radius 1 is 1.04 bits per heavy atom. The van der Waals surface area contributed by atoms with Crippen molar-refractivity contribution >= 4 is 29.9 Å². The van der Waals surface area contributed by atoms with Crippen LogP contribution in [0.15, 0.2) is 4.99 Å². The Labute approximate surface area is 178 Å². The maximum absolute atomic E-state index is 12.4. The molecule has 2 aliphatic rings. The molecule has 2 fully saturated rings. The quantitative estimate of drug-likeness (QED) is 0.242. The van der Waals surface area contributed by atoms with Gasteiger partial charge in [-0.3, -0.25) is 9.89 Å². The van der Waals surface area contributed by atoms with Crippen LogP contribution in [0, 0.1) is 5.92 Å². The Bertz CT molecular complexity index is 426. The van der Waals surface area contributed by atoms with Crippen molar-refractivity contribution in [1.29, 1.82) is 0 Å². The lowest BCUT2D eigenvalue weighted by atomic mass is 10.1. The van der Waals surface area contributed by atoms with Gasteiger partial charge in [0.2, 0.25) is 0 Å². The smallest absolute Gasteiger partial charge is 0.356 e. The second-order valence-corrected chi connectivity index (χ2v) is 7.49.